The number of rotatable bonds is 5. The molecule has 0 aliphatic carbocycles. The summed E-state index contributed by atoms with van der Waals surface area (Å²) in [5.74, 6) is 2.35. The van der Waals surface area contributed by atoms with Gasteiger partial charge in [0.2, 0.25) is 5.91 Å². The molecule has 1 aromatic carbocycles. The van der Waals surface area contributed by atoms with Crippen molar-refractivity contribution in [2.24, 2.45) is 0 Å². The van der Waals surface area contributed by atoms with Crippen molar-refractivity contribution >= 4 is 21.8 Å². The second-order valence-corrected chi connectivity index (χ2v) is 4.47. The number of carbonyl (C=O) groups excluding carboxylic acids is 1. The number of terminal acetylenes is 1. The highest BCUT2D eigenvalue weighted by atomic mass is 79.9. The fourth-order valence-electron chi connectivity index (χ4n) is 1.44. The van der Waals surface area contributed by atoms with Crippen LogP contribution in [0.5, 0.6) is 0 Å². The maximum absolute atomic E-state index is 11.6. The van der Waals surface area contributed by atoms with E-state index >= 15 is 0 Å². The molecular weight excluding hydrogens is 280 g/mol. The number of carbonyl (C=O) groups is 1. The molecule has 0 saturated heterocycles. The van der Waals surface area contributed by atoms with Crippen molar-refractivity contribution in [3.05, 3.63) is 34.3 Å². The van der Waals surface area contributed by atoms with Crippen LogP contribution in [0.1, 0.15) is 18.5 Å². The molecule has 3 nitrogen and oxygen atoms in total. The van der Waals surface area contributed by atoms with Crippen LogP contribution in [0.4, 0.5) is 0 Å². The monoisotopic (exact) mass is 294 g/mol. The fraction of sp³-hybridized carbons (Fsp3) is 0.308. The van der Waals surface area contributed by atoms with Crippen molar-refractivity contribution in [3.63, 3.8) is 0 Å². The molecule has 1 amide bonds. The fourth-order valence-corrected chi connectivity index (χ4v) is 2.07. The Balaban J connectivity index is 2.50. The zero-order chi connectivity index (χ0) is 12.7. The molecule has 0 saturated carbocycles. The van der Waals surface area contributed by atoms with Gasteiger partial charge in [-0.3, -0.25) is 10.1 Å². The minimum absolute atomic E-state index is 0.0364. The summed E-state index contributed by atoms with van der Waals surface area (Å²) in [5.41, 5.74) is 1.05. The molecule has 0 aliphatic rings. The molecule has 0 bridgehead atoms. The summed E-state index contributed by atoms with van der Waals surface area (Å²) in [6, 6.07) is 7.78. The minimum atomic E-state index is -0.0662. The van der Waals surface area contributed by atoms with Crippen LogP contribution in [0.2, 0.25) is 0 Å². The van der Waals surface area contributed by atoms with E-state index in [0.29, 0.717) is 6.54 Å². The van der Waals surface area contributed by atoms with Gasteiger partial charge in [-0.15, -0.1) is 6.42 Å². The highest BCUT2D eigenvalue weighted by molar-refractivity contribution is 9.10. The maximum atomic E-state index is 11.6. The first-order valence-corrected chi connectivity index (χ1v) is 6.12. The van der Waals surface area contributed by atoms with E-state index in [1.54, 1.807) is 0 Å². The van der Waals surface area contributed by atoms with Crippen LogP contribution >= 0.6 is 15.9 Å². The van der Waals surface area contributed by atoms with Crippen molar-refractivity contribution in [1.82, 2.24) is 10.6 Å². The van der Waals surface area contributed by atoms with Gasteiger partial charge >= 0.3 is 0 Å². The van der Waals surface area contributed by atoms with Crippen LogP contribution in [-0.2, 0) is 4.79 Å². The highest BCUT2D eigenvalue weighted by Gasteiger charge is 2.11. The second-order valence-electron chi connectivity index (χ2n) is 3.62. The molecule has 1 aromatic rings. The topological polar surface area (TPSA) is 41.1 Å². The highest BCUT2D eigenvalue weighted by Crippen LogP contribution is 2.22. The Hall–Kier alpha value is -1.31. The van der Waals surface area contributed by atoms with E-state index in [-0.39, 0.29) is 18.5 Å². The van der Waals surface area contributed by atoms with Crippen molar-refractivity contribution < 1.29 is 4.79 Å². The van der Waals surface area contributed by atoms with Crippen LogP contribution < -0.4 is 10.6 Å². The molecule has 0 aromatic heterocycles. The summed E-state index contributed by atoms with van der Waals surface area (Å²) in [5, 5.41) is 5.74. The SMILES string of the molecule is C#CCNCC(=O)NC(C)c1ccccc1Br. The van der Waals surface area contributed by atoms with Gasteiger partial charge in [0.1, 0.15) is 0 Å². The standard InChI is InChI=1S/C13H15BrN2O/c1-3-8-15-9-13(17)16-10(2)11-6-4-5-7-12(11)14/h1,4-7,10,15H,8-9H2,2H3,(H,16,17). The second kappa shape index (κ2) is 7.10. The normalized spacial score (nSPS) is 11.6. The minimum Gasteiger partial charge on any atom is -0.348 e. The van der Waals surface area contributed by atoms with Crippen LogP contribution in [0, 0.1) is 12.3 Å². The van der Waals surface area contributed by atoms with E-state index < -0.39 is 0 Å². The van der Waals surface area contributed by atoms with Crippen LogP contribution in [0.3, 0.4) is 0 Å². The van der Waals surface area contributed by atoms with E-state index in [1.807, 2.05) is 31.2 Å². The lowest BCUT2D eigenvalue weighted by Crippen LogP contribution is -2.35. The third kappa shape index (κ3) is 4.59. The lowest BCUT2D eigenvalue weighted by atomic mass is 10.1. The maximum Gasteiger partial charge on any atom is 0.234 e. The quantitative estimate of drug-likeness (QED) is 0.643. The number of benzene rings is 1. The molecule has 17 heavy (non-hydrogen) atoms. The first-order valence-electron chi connectivity index (χ1n) is 5.33. The van der Waals surface area contributed by atoms with Gasteiger partial charge in [-0.25, -0.2) is 0 Å². The van der Waals surface area contributed by atoms with Crippen LogP contribution in [-0.4, -0.2) is 19.0 Å². The molecule has 4 heteroatoms. The number of nitrogens with one attached hydrogen (secondary N) is 2. The molecule has 1 atom stereocenters. The number of hydrogen-bond acceptors (Lipinski definition) is 2. The predicted octanol–water partition coefficient (Wildman–Crippen LogP) is 1.85. The van der Waals surface area contributed by atoms with Gasteiger partial charge in [0.05, 0.1) is 19.1 Å². The van der Waals surface area contributed by atoms with Crippen molar-refractivity contribution in [1.29, 1.82) is 0 Å². The molecule has 0 fully saturated rings. The third-order valence-electron chi connectivity index (χ3n) is 2.26. The summed E-state index contributed by atoms with van der Waals surface area (Å²) in [4.78, 5) is 11.6. The summed E-state index contributed by atoms with van der Waals surface area (Å²) in [6.45, 7) is 2.58. The van der Waals surface area contributed by atoms with Crippen molar-refractivity contribution in [2.75, 3.05) is 13.1 Å². The molecule has 0 radical (unpaired) electrons. The molecular formula is C13H15BrN2O. The van der Waals surface area contributed by atoms with Crippen molar-refractivity contribution in [3.8, 4) is 12.3 Å². The first-order chi connectivity index (χ1) is 8.15. The molecule has 90 valence electrons. The van der Waals surface area contributed by atoms with Gasteiger partial charge in [0.15, 0.2) is 0 Å². The average Bonchev–Trinajstić information content (AvgIpc) is 2.29. The largest absolute Gasteiger partial charge is 0.348 e. The van der Waals surface area contributed by atoms with Gasteiger partial charge < -0.3 is 5.32 Å². The number of hydrogen-bond donors (Lipinski definition) is 2. The van der Waals surface area contributed by atoms with E-state index in [0.717, 1.165) is 10.0 Å². The smallest absolute Gasteiger partial charge is 0.234 e. The van der Waals surface area contributed by atoms with Gasteiger partial charge in [-0.1, -0.05) is 40.0 Å². The van der Waals surface area contributed by atoms with E-state index in [9.17, 15) is 4.79 Å². The zero-order valence-electron chi connectivity index (χ0n) is 9.66. The lowest BCUT2D eigenvalue weighted by Gasteiger charge is -2.15. The van der Waals surface area contributed by atoms with Crippen LogP contribution in [0.25, 0.3) is 0 Å². The van der Waals surface area contributed by atoms with Gasteiger partial charge in [0, 0.05) is 4.47 Å². The Bertz CT molecular complexity index is 426. The summed E-state index contributed by atoms with van der Waals surface area (Å²) in [7, 11) is 0. The Morgan fingerprint density at radius 2 is 2.24 bits per heavy atom. The molecule has 1 rings (SSSR count). The summed E-state index contributed by atoms with van der Waals surface area (Å²) in [6.07, 6.45) is 5.08. The average molecular weight is 295 g/mol. The summed E-state index contributed by atoms with van der Waals surface area (Å²) >= 11 is 3.46. The molecule has 0 aliphatic heterocycles. The Labute approximate surface area is 110 Å². The van der Waals surface area contributed by atoms with E-state index in [2.05, 4.69) is 32.5 Å². The summed E-state index contributed by atoms with van der Waals surface area (Å²) < 4.78 is 0.990. The van der Waals surface area contributed by atoms with Crippen molar-refractivity contribution in [2.45, 2.75) is 13.0 Å². The number of amides is 1. The molecule has 0 heterocycles. The van der Waals surface area contributed by atoms with Crippen LogP contribution in [0.15, 0.2) is 28.7 Å². The van der Waals surface area contributed by atoms with Gasteiger partial charge in [-0.2, -0.15) is 0 Å². The molecule has 0 spiro atoms. The molecule has 1 unspecified atom stereocenters. The lowest BCUT2D eigenvalue weighted by molar-refractivity contribution is -0.120. The van der Waals surface area contributed by atoms with Gasteiger partial charge in [0.25, 0.3) is 0 Å². The Kier molecular flexibility index (Phi) is 5.75. The van der Waals surface area contributed by atoms with Gasteiger partial charge in [-0.05, 0) is 18.6 Å². The van der Waals surface area contributed by atoms with E-state index in [1.165, 1.54) is 0 Å². The zero-order valence-corrected chi connectivity index (χ0v) is 11.3. The Morgan fingerprint density at radius 1 is 1.53 bits per heavy atom. The molecule has 2 N–H and O–H groups in total. The predicted molar refractivity (Wildman–Crippen MR) is 72.4 cm³/mol. The third-order valence-corrected chi connectivity index (χ3v) is 2.98. The number of halogens is 1. The Morgan fingerprint density at radius 3 is 2.88 bits per heavy atom. The van der Waals surface area contributed by atoms with E-state index in [4.69, 9.17) is 6.42 Å². The first kappa shape index (κ1) is 13.8.